The molecule has 0 saturated carbocycles. The second kappa shape index (κ2) is 3.15. The molecule has 0 aliphatic carbocycles. The lowest BCUT2D eigenvalue weighted by Gasteiger charge is -2.09. The van der Waals surface area contributed by atoms with Crippen LogP contribution in [0.4, 0.5) is 8.78 Å². The van der Waals surface area contributed by atoms with E-state index in [-0.39, 0.29) is 5.82 Å². The van der Waals surface area contributed by atoms with Crippen LogP contribution in [0.25, 0.3) is 0 Å². The largest absolute Gasteiger partial charge is 0.291 e. The number of carbonyl (C=O) groups excluding carboxylic acids is 1. The molecular weight excluding hydrogens is 182 g/mol. The van der Waals surface area contributed by atoms with Crippen LogP contribution in [0, 0.1) is 0 Å². The first kappa shape index (κ1) is 9.69. The zero-order valence-corrected chi connectivity index (χ0v) is 7.16. The number of carbonyl (C=O) groups is 1. The first-order valence-corrected chi connectivity index (χ1v) is 3.55. The van der Waals surface area contributed by atoms with E-state index in [1.165, 1.54) is 6.92 Å². The summed E-state index contributed by atoms with van der Waals surface area (Å²) in [4.78, 5) is 10.8. The van der Waals surface area contributed by atoms with E-state index < -0.39 is 18.3 Å². The summed E-state index contributed by atoms with van der Waals surface area (Å²) in [6.45, 7) is 1.27. The molecule has 0 aromatic carbocycles. The van der Waals surface area contributed by atoms with Crippen LogP contribution in [0.5, 0.6) is 0 Å². The van der Waals surface area contributed by atoms with Crippen LogP contribution in [-0.4, -0.2) is 31.9 Å². The Hall–Kier alpha value is -1.40. The molecule has 0 spiro atoms. The maximum Gasteiger partial charge on any atom is 0.264 e. The van der Waals surface area contributed by atoms with E-state index in [0.29, 0.717) is 0 Å². The Bertz CT molecular complexity index is 317. The summed E-state index contributed by atoms with van der Waals surface area (Å²) in [7, 11) is 0. The molecule has 0 aliphatic rings. The number of tetrazole rings is 1. The number of ketones is 1. The van der Waals surface area contributed by atoms with Crippen molar-refractivity contribution in [2.45, 2.75) is 26.3 Å². The molecule has 13 heavy (non-hydrogen) atoms. The molecule has 0 unspecified atom stereocenters. The van der Waals surface area contributed by atoms with Gasteiger partial charge in [0.2, 0.25) is 5.82 Å². The van der Waals surface area contributed by atoms with Crippen molar-refractivity contribution in [1.82, 2.24) is 20.2 Å². The van der Waals surface area contributed by atoms with Gasteiger partial charge in [-0.05, 0) is 10.4 Å². The van der Waals surface area contributed by atoms with Crippen molar-refractivity contribution < 1.29 is 13.6 Å². The van der Waals surface area contributed by atoms with Crippen LogP contribution in [-0.2, 0) is 6.54 Å². The van der Waals surface area contributed by atoms with E-state index >= 15 is 0 Å². The van der Waals surface area contributed by atoms with Gasteiger partial charge in [0.25, 0.3) is 5.92 Å². The molecule has 7 heteroatoms. The highest BCUT2D eigenvalue weighted by Gasteiger charge is 2.25. The van der Waals surface area contributed by atoms with Crippen LogP contribution in [0.3, 0.4) is 0 Å². The van der Waals surface area contributed by atoms with E-state index in [9.17, 15) is 13.6 Å². The molecule has 0 aliphatic heterocycles. The smallest absolute Gasteiger partial charge is 0.264 e. The minimum Gasteiger partial charge on any atom is -0.291 e. The van der Waals surface area contributed by atoms with Gasteiger partial charge in [0.1, 0.15) is 6.54 Å². The van der Waals surface area contributed by atoms with Gasteiger partial charge in [-0.3, -0.25) is 4.79 Å². The predicted octanol–water partition coefficient (Wildman–Crippen LogP) is 0.531. The summed E-state index contributed by atoms with van der Waals surface area (Å²) in [5, 5.41) is 9.73. The standard InChI is InChI=1S/C6H8F2N4O/c1-4(13)5-9-10-11-12(5)3-6(2,7)8/h3H2,1-2H3. The van der Waals surface area contributed by atoms with Crippen LogP contribution in [0.15, 0.2) is 0 Å². The molecule has 0 atom stereocenters. The fourth-order valence-electron chi connectivity index (χ4n) is 0.826. The lowest BCUT2D eigenvalue weighted by atomic mass is 10.3. The van der Waals surface area contributed by atoms with E-state index in [0.717, 1.165) is 11.6 Å². The molecule has 72 valence electrons. The van der Waals surface area contributed by atoms with Crippen LogP contribution >= 0.6 is 0 Å². The lowest BCUT2D eigenvalue weighted by molar-refractivity contribution is -0.000456. The summed E-state index contributed by atoms with van der Waals surface area (Å²) in [5.74, 6) is -3.52. The van der Waals surface area contributed by atoms with Crippen molar-refractivity contribution in [1.29, 1.82) is 0 Å². The average molecular weight is 190 g/mol. The number of nitrogens with zero attached hydrogens (tertiary/aromatic N) is 4. The SMILES string of the molecule is CC(=O)c1nnnn1CC(C)(F)F. The number of halogens is 2. The van der Waals surface area contributed by atoms with Gasteiger partial charge < -0.3 is 0 Å². The number of rotatable bonds is 3. The van der Waals surface area contributed by atoms with Gasteiger partial charge in [-0.15, -0.1) is 5.10 Å². The molecule has 0 N–H and O–H groups in total. The van der Waals surface area contributed by atoms with Crippen LogP contribution in [0.2, 0.25) is 0 Å². The average Bonchev–Trinajstić information content (AvgIpc) is 2.31. The number of aromatic nitrogens is 4. The molecule has 1 rings (SSSR count). The fourth-order valence-corrected chi connectivity index (χ4v) is 0.826. The third-order valence-electron chi connectivity index (χ3n) is 1.27. The van der Waals surface area contributed by atoms with E-state index in [1.807, 2.05) is 0 Å². The van der Waals surface area contributed by atoms with E-state index in [4.69, 9.17) is 0 Å². The summed E-state index contributed by atoms with van der Waals surface area (Å²) < 4.78 is 25.8. The normalized spacial score (nSPS) is 11.7. The van der Waals surface area contributed by atoms with Gasteiger partial charge in [-0.1, -0.05) is 0 Å². The molecule has 1 aromatic heterocycles. The molecule has 0 radical (unpaired) electrons. The molecule has 0 saturated heterocycles. The summed E-state index contributed by atoms with van der Waals surface area (Å²) in [5.41, 5.74) is 0. The van der Waals surface area contributed by atoms with Crippen molar-refractivity contribution in [2.75, 3.05) is 0 Å². The Morgan fingerprint density at radius 3 is 2.69 bits per heavy atom. The molecule has 1 aromatic rings. The highest BCUT2D eigenvalue weighted by Crippen LogP contribution is 2.14. The van der Waals surface area contributed by atoms with Gasteiger partial charge in [0.15, 0.2) is 5.78 Å². The number of alkyl halides is 2. The minimum atomic E-state index is -2.93. The monoisotopic (exact) mass is 190 g/mol. The van der Waals surface area contributed by atoms with Crippen LogP contribution < -0.4 is 0 Å². The lowest BCUT2D eigenvalue weighted by Crippen LogP contribution is -2.23. The molecule has 5 nitrogen and oxygen atoms in total. The van der Waals surface area contributed by atoms with Crippen molar-refractivity contribution in [2.24, 2.45) is 0 Å². The maximum atomic E-state index is 12.5. The highest BCUT2D eigenvalue weighted by atomic mass is 19.3. The Balaban J connectivity index is 2.89. The van der Waals surface area contributed by atoms with E-state index in [1.54, 1.807) is 0 Å². The summed E-state index contributed by atoms with van der Waals surface area (Å²) >= 11 is 0. The highest BCUT2D eigenvalue weighted by molar-refractivity contribution is 5.90. The van der Waals surface area contributed by atoms with Crippen molar-refractivity contribution in [3.05, 3.63) is 5.82 Å². The number of Topliss-reactive ketones (excluding diaryl/α,β-unsaturated/α-hetero) is 1. The molecule has 0 amide bonds. The minimum absolute atomic E-state index is 0.151. The number of hydrogen-bond donors (Lipinski definition) is 0. The van der Waals surface area contributed by atoms with Gasteiger partial charge in [0.05, 0.1) is 0 Å². The second-order valence-corrected chi connectivity index (χ2v) is 2.79. The third kappa shape index (κ3) is 2.53. The first-order valence-electron chi connectivity index (χ1n) is 3.55. The van der Waals surface area contributed by atoms with Crippen LogP contribution in [0.1, 0.15) is 24.5 Å². The molecular formula is C6H8F2N4O. The Morgan fingerprint density at radius 2 is 2.23 bits per heavy atom. The van der Waals surface area contributed by atoms with Gasteiger partial charge in [-0.2, -0.15) is 0 Å². The molecule has 1 heterocycles. The predicted molar refractivity (Wildman–Crippen MR) is 38.4 cm³/mol. The molecule has 0 fully saturated rings. The second-order valence-electron chi connectivity index (χ2n) is 2.79. The summed E-state index contributed by atoms with van der Waals surface area (Å²) in [6, 6.07) is 0. The zero-order valence-electron chi connectivity index (χ0n) is 7.16. The number of hydrogen-bond acceptors (Lipinski definition) is 4. The van der Waals surface area contributed by atoms with E-state index in [2.05, 4.69) is 15.5 Å². The fraction of sp³-hybridized carbons (Fsp3) is 0.667. The van der Waals surface area contributed by atoms with Crippen molar-refractivity contribution in [3.8, 4) is 0 Å². The van der Waals surface area contributed by atoms with Crippen molar-refractivity contribution >= 4 is 5.78 Å². The summed E-state index contributed by atoms with van der Waals surface area (Å²) in [6.07, 6.45) is 0. The Morgan fingerprint density at radius 1 is 1.62 bits per heavy atom. The maximum absolute atomic E-state index is 12.5. The zero-order chi connectivity index (χ0) is 10.1. The molecule has 0 bridgehead atoms. The van der Waals surface area contributed by atoms with Gasteiger partial charge in [0, 0.05) is 13.8 Å². The quantitative estimate of drug-likeness (QED) is 0.652. The first-order chi connectivity index (χ1) is 5.90. The van der Waals surface area contributed by atoms with Gasteiger partial charge in [-0.25, -0.2) is 13.5 Å². The Labute approximate surface area is 72.7 Å². The third-order valence-corrected chi connectivity index (χ3v) is 1.27. The Kier molecular flexibility index (Phi) is 2.35. The van der Waals surface area contributed by atoms with Gasteiger partial charge >= 0.3 is 0 Å². The topological polar surface area (TPSA) is 60.7 Å². The van der Waals surface area contributed by atoms with Crippen molar-refractivity contribution in [3.63, 3.8) is 0 Å².